The fourth-order valence-electron chi connectivity index (χ4n) is 6.69. The zero-order chi connectivity index (χ0) is 29.2. The van der Waals surface area contributed by atoms with E-state index in [4.69, 9.17) is 14.2 Å². The van der Waals surface area contributed by atoms with Crippen molar-refractivity contribution in [2.45, 2.75) is 25.2 Å². The van der Waals surface area contributed by atoms with Crippen LogP contribution < -0.4 is 9.47 Å². The van der Waals surface area contributed by atoms with Gasteiger partial charge in [0.15, 0.2) is 0 Å². The van der Waals surface area contributed by atoms with Crippen molar-refractivity contribution in [3.63, 3.8) is 0 Å². The molecular formula is C40H36O3. The minimum atomic E-state index is -0.459. The van der Waals surface area contributed by atoms with Crippen molar-refractivity contribution in [2.75, 3.05) is 26.9 Å². The summed E-state index contributed by atoms with van der Waals surface area (Å²) in [6.45, 7) is 4.04. The molecule has 1 aliphatic rings. The summed E-state index contributed by atoms with van der Waals surface area (Å²) in [6.07, 6.45) is 2.19. The highest BCUT2D eigenvalue weighted by atomic mass is 16.5. The van der Waals surface area contributed by atoms with Gasteiger partial charge in [0.05, 0.1) is 18.6 Å². The first-order valence-electron chi connectivity index (χ1n) is 15.2. The number of benzene rings is 6. The second kappa shape index (κ2) is 11.6. The fraction of sp³-hybridized carbons (Fsp3) is 0.200. The molecule has 0 N–H and O–H groups in total. The molecular weight excluding hydrogens is 528 g/mol. The Morgan fingerprint density at radius 2 is 1.00 bits per heavy atom. The number of hydrogen-bond donors (Lipinski definition) is 0. The van der Waals surface area contributed by atoms with Gasteiger partial charge in [0, 0.05) is 7.11 Å². The Morgan fingerprint density at radius 3 is 1.53 bits per heavy atom. The lowest BCUT2D eigenvalue weighted by Crippen LogP contribution is -2.28. The Labute approximate surface area is 253 Å². The Morgan fingerprint density at radius 1 is 0.512 bits per heavy atom. The van der Waals surface area contributed by atoms with Crippen LogP contribution >= 0.6 is 0 Å². The Hall–Kier alpha value is -4.60. The lowest BCUT2D eigenvalue weighted by atomic mass is 9.67. The molecule has 0 radical (unpaired) electrons. The number of rotatable bonds is 10. The van der Waals surface area contributed by atoms with E-state index in [0.717, 1.165) is 36.3 Å². The van der Waals surface area contributed by atoms with E-state index >= 15 is 0 Å². The van der Waals surface area contributed by atoms with E-state index in [2.05, 4.69) is 128 Å². The van der Waals surface area contributed by atoms with Gasteiger partial charge in [0.1, 0.15) is 18.1 Å². The summed E-state index contributed by atoms with van der Waals surface area (Å²) in [5.41, 5.74) is 7.27. The predicted octanol–water partition coefficient (Wildman–Crippen LogP) is 9.56. The Kier molecular flexibility index (Phi) is 7.34. The van der Waals surface area contributed by atoms with E-state index in [1.54, 1.807) is 7.11 Å². The molecule has 0 unspecified atom stereocenters. The highest BCUT2D eigenvalue weighted by Gasteiger charge is 2.46. The molecule has 6 aromatic carbocycles. The highest BCUT2D eigenvalue weighted by Crippen LogP contribution is 2.56. The van der Waals surface area contributed by atoms with Gasteiger partial charge in [0.25, 0.3) is 0 Å². The molecule has 0 saturated heterocycles. The second-order valence-electron chi connectivity index (χ2n) is 11.3. The lowest BCUT2D eigenvalue weighted by molar-refractivity contribution is 0.146. The monoisotopic (exact) mass is 564 g/mol. The third-order valence-electron chi connectivity index (χ3n) is 8.76. The fourth-order valence-corrected chi connectivity index (χ4v) is 6.69. The Bertz CT molecular complexity index is 1780. The molecule has 0 fully saturated rings. The van der Waals surface area contributed by atoms with Crippen molar-refractivity contribution in [3.8, 4) is 22.6 Å². The van der Waals surface area contributed by atoms with Gasteiger partial charge < -0.3 is 14.2 Å². The topological polar surface area (TPSA) is 27.7 Å². The Balaban J connectivity index is 1.41. The van der Waals surface area contributed by atoms with E-state index < -0.39 is 5.41 Å². The van der Waals surface area contributed by atoms with Crippen LogP contribution in [0.2, 0.25) is 0 Å². The molecule has 0 spiro atoms. The minimum Gasteiger partial charge on any atom is -0.494 e. The van der Waals surface area contributed by atoms with Crippen LogP contribution in [-0.2, 0) is 10.2 Å². The van der Waals surface area contributed by atoms with Crippen molar-refractivity contribution >= 4 is 21.5 Å². The zero-order valence-corrected chi connectivity index (χ0v) is 24.8. The maximum atomic E-state index is 6.03. The molecule has 0 aliphatic heterocycles. The maximum Gasteiger partial charge on any atom is 0.120 e. The highest BCUT2D eigenvalue weighted by molar-refractivity contribution is 5.92. The molecule has 0 atom stereocenters. The molecule has 0 heterocycles. The van der Waals surface area contributed by atoms with Gasteiger partial charge in [-0.15, -0.1) is 0 Å². The summed E-state index contributed by atoms with van der Waals surface area (Å²) in [6, 6.07) is 44.5. The van der Waals surface area contributed by atoms with Gasteiger partial charge in [-0.05, 0) is 97.7 Å². The largest absolute Gasteiger partial charge is 0.494 e. The van der Waals surface area contributed by atoms with Crippen LogP contribution in [-0.4, -0.2) is 26.9 Å². The second-order valence-corrected chi connectivity index (χ2v) is 11.3. The molecule has 43 heavy (non-hydrogen) atoms. The molecule has 0 amide bonds. The quantitative estimate of drug-likeness (QED) is 0.155. The lowest BCUT2D eigenvalue weighted by Gasteiger charge is -2.34. The predicted molar refractivity (Wildman–Crippen MR) is 177 cm³/mol. The van der Waals surface area contributed by atoms with E-state index in [-0.39, 0.29) is 0 Å². The maximum absolute atomic E-state index is 6.03. The van der Waals surface area contributed by atoms with Crippen LogP contribution in [0.25, 0.3) is 32.7 Å². The van der Waals surface area contributed by atoms with Crippen LogP contribution in [0.1, 0.15) is 42.0 Å². The molecule has 6 aromatic rings. The molecule has 3 heteroatoms. The average Bonchev–Trinajstić information content (AvgIpc) is 3.36. The van der Waals surface area contributed by atoms with Crippen molar-refractivity contribution < 1.29 is 14.2 Å². The van der Waals surface area contributed by atoms with Crippen molar-refractivity contribution in [1.82, 2.24) is 0 Å². The summed E-state index contributed by atoms with van der Waals surface area (Å²) in [4.78, 5) is 0. The first kappa shape index (κ1) is 27.2. The first-order valence-corrected chi connectivity index (χ1v) is 15.2. The SMILES string of the molecule is CCCCOc1ccc2cc(C3(c4ccc5cc(OCCOC)ccc5c4)c4ccccc4-c4ccccc43)ccc2c1. The third-order valence-corrected chi connectivity index (χ3v) is 8.76. The van der Waals surface area contributed by atoms with Gasteiger partial charge in [0.2, 0.25) is 0 Å². The van der Waals surface area contributed by atoms with E-state index in [9.17, 15) is 0 Å². The molecule has 0 saturated carbocycles. The van der Waals surface area contributed by atoms with Crippen LogP contribution in [0, 0.1) is 0 Å². The average molecular weight is 565 g/mol. The van der Waals surface area contributed by atoms with E-state index in [1.807, 2.05) is 0 Å². The number of methoxy groups -OCH3 is 1. The van der Waals surface area contributed by atoms with Crippen molar-refractivity contribution in [1.29, 1.82) is 0 Å². The van der Waals surface area contributed by atoms with E-state index in [1.165, 1.54) is 49.5 Å². The molecule has 3 nitrogen and oxygen atoms in total. The molecule has 1 aliphatic carbocycles. The number of hydrogen-bond acceptors (Lipinski definition) is 3. The molecule has 0 aromatic heterocycles. The van der Waals surface area contributed by atoms with Crippen LogP contribution in [0.15, 0.2) is 121 Å². The number of ether oxygens (including phenoxy) is 3. The van der Waals surface area contributed by atoms with Gasteiger partial charge in [-0.2, -0.15) is 0 Å². The normalized spacial score (nSPS) is 13.2. The van der Waals surface area contributed by atoms with Crippen LogP contribution in [0.5, 0.6) is 11.5 Å². The summed E-state index contributed by atoms with van der Waals surface area (Å²) in [7, 11) is 1.69. The molecule has 7 rings (SSSR count). The standard InChI is InChI=1S/C40H36O3/c1-3-4-21-42-34-19-15-28-24-32(17-13-30(28)26-34)40(38-11-7-5-9-36(38)37-10-6-8-12-39(37)40)33-18-14-31-27-35(43-23-22-41-2)20-16-29(31)25-33/h5-20,24-27H,3-4,21-23H2,1-2H3. The third kappa shape index (κ3) is 4.74. The van der Waals surface area contributed by atoms with Gasteiger partial charge in [-0.1, -0.05) is 98.3 Å². The molecule has 0 bridgehead atoms. The summed E-state index contributed by atoms with van der Waals surface area (Å²) in [5, 5.41) is 4.74. The van der Waals surface area contributed by atoms with Gasteiger partial charge >= 0.3 is 0 Å². The first-order chi connectivity index (χ1) is 21.2. The van der Waals surface area contributed by atoms with Crippen LogP contribution in [0.4, 0.5) is 0 Å². The summed E-state index contributed by atoms with van der Waals surface area (Å²) >= 11 is 0. The minimum absolute atomic E-state index is 0.459. The summed E-state index contributed by atoms with van der Waals surface area (Å²) in [5.74, 6) is 1.79. The zero-order valence-electron chi connectivity index (χ0n) is 24.8. The summed E-state index contributed by atoms with van der Waals surface area (Å²) < 4.78 is 17.1. The smallest absolute Gasteiger partial charge is 0.120 e. The van der Waals surface area contributed by atoms with Crippen molar-refractivity contribution in [2.24, 2.45) is 0 Å². The van der Waals surface area contributed by atoms with Crippen LogP contribution in [0.3, 0.4) is 0 Å². The number of fused-ring (bicyclic) bond motifs is 5. The molecule has 214 valence electrons. The van der Waals surface area contributed by atoms with Gasteiger partial charge in [-0.3, -0.25) is 0 Å². The van der Waals surface area contributed by atoms with Crippen molar-refractivity contribution in [3.05, 3.63) is 144 Å². The van der Waals surface area contributed by atoms with E-state index in [0.29, 0.717) is 13.2 Å². The number of unbranched alkanes of at least 4 members (excludes halogenated alkanes) is 1. The van der Waals surface area contributed by atoms with Gasteiger partial charge in [-0.25, -0.2) is 0 Å².